The zero-order chi connectivity index (χ0) is 13.7. The fraction of sp³-hybridized carbons (Fsp3) is 0.500. The Kier molecular flexibility index (Phi) is 4.63. The minimum absolute atomic E-state index is 0.210. The Morgan fingerprint density at radius 2 is 2.00 bits per heavy atom. The van der Waals surface area contributed by atoms with Crippen LogP contribution >= 0.6 is 0 Å². The minimum atomic E-state index is 0.210. The van der Waals surface area contributed by atoms with Crippen LogP contribution in [-0.2, 0) is 6.42 Å². The Labute approximate surface area is 114 Å². The first kappa shape index (κ1) is 13.7. The van der Waals surface area contributed by atoms with Gasteiger partial charge in [0.2, 0.25) is 0 Å². The number of nitrogens with zero attached hydrogens (tertiary/aromatic N) is 4. The van der Waals surface area contributed by atoms with Gasteiger partial charge in [0.15, 0.2) is 0 Å². The maximum atomic E-state index is 4.59. The summed E-state index contributed by atoms with van der Waals surface area (Å²) < 4.78 is 1.99. The summed E-state index contributed by atoms with van der Waals surface area (Å²) in [5, 5.41) is 8.05. The van der Waals surface area contributed by atoms with E-state index in [0.717, 1.165) is 24.2 Å². The van der Waals surface area contributed by atoms with E-state index in [1.165, 1.54) is 0 Å². The molecule has 102 valence electrons. The summed E-state index contributed by atoms with van der Waals surface area (Å²) in [5.74, 6) is 0. The van der Waals surface area contributed by atoms with Crippen LogP contribution in [0.4, 0.5) is 0 Å². The average Bonchev–Trinajstić information content (AvgIpc) is 2.88. The van der Waals surface area contributed by atoms with Crippen LogP contribution in [0.2, 0.25) is 0 Å². The van der Waals surface area contributed by atoms with Gasteiger partial charge in [0.25, 0.3) is 0 Å². The molecule has 2 heterocycles. The molecule has 2 rings (SSSR count). The topological polar surface area (TPSA) is 55.6 Å². The van der Waals surface area contributed by atoms with Crippen molar-refractivity contribution in [2.24, 2.45) is 0 Å². The second-order valence-corrected chi connectivity index (χ2v) is 4.87. The third-order valence-electron chi connectivity index (χ3n) is 3.04. The van der Waals surface area contributed by atoms with Gasteiger partial charge in [-0.2, -0.15) is 5.10 Å². The number of hydrogen-bond acceptors (Lipinski definition) is 4. The minimum Gasteiger partial charge on any atom is -0.310 e. The first-order chi connectivity index (χ1) is 9.20. The first-order valence-corrected chi connectivity index (χ1v) is 6.73. The predicted molar refractivity (Wildman–Crippen MR) is 74.8 cm³/mol. The van der Waals surface area contributed by atoms with Crippen molar-refractivity contribution in [2.45, 2.75) is 39.3 Å². The Bertz CT molecular complexity index is 492. The molecule has 0 aromatic carbocycles. The molecular formula is C14H21N5. The average molecular weight is 259 g/mol. The van der Waals surface area contributed by atoms with Crippen molar-refractivity contribution in [3.05, 3.63) is 42.2 Å². The van der Waals surface area contributed by atoms with Gasteiger partial charge in [0.1, 0.15) is 6.33 Å². The Hall–Kier alpha value is -1.75. The molecule has 19 heavy (non-hydrogen) atoms. The predicted octanol–water partition coefficient (Wildman–Crippen LogP) is 2.15. The lowest BCUT2D eigenvalue weighted by Gasteiger charge is -2.16. The highest BCUT2D eigenvalue weighted by Crippen LogP contribution is 2.16. The molecule has 1 unspecified atom stereocenters. The van der Waals surface area contributed by atoms with Crippen molar-refractivity contribution >= 4 is 0 Å². The summed E-state index contributed by atoms with van der Waals surface area (Å²) in [6.45, 7) is 7.27. The van der Waals surface area contributed by atoms with Gasteiger partial charge in [-0.15, -0.1) is 0 Å². The van der Waals surface area contributed by atoms with Crippen LogP contribution in [-0.4, -0.2) is 26.3 Å². The highest BCUT2D eigenvalue weighted by molar-refractivity contribution is 5.13. The summed E-state index contributed by atoms with van der Waals surface area (Å²) in [7, 11) is 0. The van der Waals surface area contributed by atoms with E-state index >= 15 is 0 Å². The number of hydrogen-bond donors (Lipinski definition) is 1. The van der Waals surface area contributed by atoms with Crippen molar-refractivity contribution < 1.29 is 0 Å². The van der Waals surface area contributed by atoms with Gasteiger partial charge in [-0.1, -0.05) is 6.92 Å². The van der Waals surface area contributed by atoms with Gasteiger partial charge >= 0.3 is 0 Å². The molecule has 0 saturated heterocycles. The number of nitrogens with one attached hydrogen (secondary N) is 1. The van der Waals surface area contributed by atoms with Gasteiger partial charge in [-0.3, -0.25) is 4.68 Å². The molecule has 0 bridgehead atoms. The Morgan fingerprint density at radius 3 is 2.58 bits per heavy atom. The summed E-state index contributed by atoms with van der Waals surface area (Å²) in [4.78, 5) is 8.17. The van der Waals surface area contributed by atoms with E-state index in [0.29, 0.717) is 6.04 Å². The zero-order valence-electron chi connectivity index (χ0n) is 11.7. The molecule has 5 heteroatoms. The molecule has 0 aliphatic carbocycles. The highest BCUT2D eigenvalue weighted by Gasteiger charge is 2.13. The Balaban J connectivity index is 2.12. The van der Waals surface area contributed by atoms with Crippen molar-refractivity contribution in [3.8, 4) is 0 Å². The van der Waals surface area contributed by atoms with Crippen LogP contribution in [0.1, 0.15) is 44.1 Å². The molecule has 0 spiro atoms. The summed E-state index contributed by atoms with van der Waals surface area (Å²) in [5.41, 5.74) is 2.19. The van der Waals surface area contributed by atoms with Gasteiger partial charge in [0.05, 0.1) is 5.69 Å². The van der Waals surface area contributed by atoms with E-state index in [1.807, 2.05) is 23.3 Å². The van der Waals surface area contributed by atoms with Gasteiger partial charge < -0.3 is 5.32 Å². The summed E-state index contributed by atoms with van der Waals surface area (Å²) in [6, 6.07) is 2.68. The standard InChI is InChI=1S/C14H21N5/c1-4-17-14(12-8-15-10-16-9-12)7-13-5-6-19(18-13)11(2)3/h5-6,8-11,14,17H,4,7H2,1-3H3. The maximum Gasteiger partial charge on any atom is 0.115 e. The molecule has 0 radical (unpaired) electrons. The van der Waals surface area contributed by atoms with Crippen LogP contribution in [0.3, 0.4) is 0 Å². The molecule has 0 aliphatic rings. The third-order valence-corrected chi connectivity index (χ3v) is 3.04. The van der Waals surface area contributed by atoms with E-state index in [4.69, 9.17) is 0 Å². The second kappa shape index (κ2) is 6.43. The molecule has 0 fully saturated rings. The number of likely N-dealkylation sites (N-methyl/N-ethyl adjacent to an activating group) is 1. The van der Waals surface area contributed by atoms with E-state index in [1.54, 1.807) is 6.33 Å². The zero-order valence-corrected chi connectivity index (χ0v) is 11.7. The first-order valence-electron chi connectivity index (χ1n) is 6.73. The molecular weight excluding hydrogens is 238 g/mol. The van der Waals surface area contributed by atoms with Crippen LogP contribution in [0, 0.1) is 0 Å². The number of aromatic nitrogens is 4. The van der Waals surface area contributed by atoms with Crippen molar-refractivity contribution in [2.75, 3.05) is 6.54 Å². The fourth-order valence-corrected chi connectivity index (χ4v) is 2.03. The van der Waals surface area contributed by atoms with Crippen molar-refractivity contribution in [1.82, 2.24) is 25.1 Å². The molecule has 2 aromatic rings. The second-order valence-electron chi connectivity index (χ2n) is 4.87. The molecule has 0 amide bonds. The Morgan fingerprint density at radius 1 is 1.26 bits per heavy atom. The largest absolute Gasteiger partial charge is 0.310 e. The lowest BCUT2D eigenvalue weighted by Crippen LogP contribution is -2.23. The normalized spacial score (nSPS) is 12.8. The van der Waals surface area contributed by atoms with Crippen LogP contribution in [0.15, 0.2) is 31.0 Å². The quantitative estimate of drug-likeness (QED) is 0.863. The van der Waals surface area contributed by atoms with Gasteiger partial charge in [0, 0.05) is 42.7 Å². The summed E-state index contributed by atoms with van der Waals surface area (Å²) in [6.07, 6.45) is 8.16. The third kappa shape index (κ3) is 3.61. The molecule has 0 saturated carbocycles. The molecule has 1 N–H and O–H groups in total. The van der Waals surface area contributed by atoms with Crippen molar-refractivity contribution in [1.29, 1.82) is 0 Å². The van der Waals surface area contributed by atoms with Crippen LogP contribution in [0.25, 0.3) is 0 Å². The molecule has 1 atom stereocenters. The summed E-state index contributed by atoms with van der Waals surface area (Å²) >= 11 is 0. The SMILES string of the molecule is CCNC(Cc1ccn(C(C)C)n1)c1cncnc1. The van der Waals surface area contributed by atoms with Crippen molar-refractivity contribution in [3.63, 3.8) is 0 Å². The lowest BCUT2D eigenvalue weighted by atomic mass is 10.1. The monoisotopic (exact) mass is 259 g/mol. The van der Waals surface area contributed by atoms with Gasteiger partial charge in [-0.25, -0.2) is 9.97 Å². The van der Waals surface area contributed by atoms with Gasteiger partial charge in [-0.05, 0) is 26.5 Å². The smallest absolute Gasteiger partial charge is 0.115 e. The molecule has 5 nitrogen and oxygen atoms in total. The van der Waals surface area contributed by atoms with Crippen LogP contribution in [0.5, 0.6) is 0 Å². The fourth-order valence-electron chi connectivity index (χ4n) is 2.03. The van der Waals surface area contributed by atoms with E-state index in [-0.39, 0.29) is 6.04 Å². The van der Waals surface area contributed by atoms with E-state index < -0.39 is 0 Å². The molecule has 0 aliphatic heterocycles. The molecule has 2 aromatic heterocycles. The lowest BCUT2D eigenvalue weighted by molar-refractivity contribution is 0.505. The van der Waals surface area contributed by atoms with E-state index in [2.05, 4.69) is 47.2 Å². The number of rotatable bonds is 6. The maximum absolute atomic E-state index is 4.59. The highest BCUT2D eigenvalue weighted by atomic mass is 15.3. The van der Waals surface area contributed by atoms with Crippen LogP contribution < -0.4 is 5.32 Å². The van der Waals surface area contributed by atoms with E-state index in [9.17, 15) is 0 Å².